The van der Waals surface area contributed by atoms with Crippen molar-refractivity contribution in [1.82, 2.24) is 9.21 Å². The zero-order chi connectivity index (χ0) is 20.4. The Labute approximate surface area is 177 Å². The quantitative estimate of drug-likeness (QED) is 0.698. The first-order chi connectivity index (χ1) is 14.0. The SMILES string of the molecule is CSc1ccccc1S(=O)(=O)N1CCC(C(=O)N2CCc3ccccc3C2)CC1. The van der Waals surface area contributed by atoms with Gasteiger partial charge in [0, 0.05) is 37.0 Å². The number of fused-ring (bicyclic) bond motifs is 1. The molecule has 0 aliphatic carbocycles. The van der Waals surface area contributed by atoms with Crippen LogP contribution in [0.4, 0.5) is 0 Å². The Morgan fingerprint density at radius 3 is 2.34 bits per heavy atom. The summed E-state index contributed by atoms with van der Waals surface area (Å²) in [6.45, 7) is 2.20. The first-order valence-electron chi connectivity index (χ1n) is 9.99. The van der Waals surface area contributed by atoms with Gasteiger partial charge in [-0.2, -0.15) is 4.31 Å². The Morgan fingerprint density at radius 2 is 1.62 bits per heavy atom. The fraction of sp³-hybridized carbons (Fsp3) is 0.409. The fourth-order valence-electron chi connectivity index (χ4n) is 4.26. The topological polar surface area (TPSA) is 57.7 Å². The lowest BCUT2D eigenvalue weighted by Gasteiger charge is -2.35. The number of piperidine rings is 1. The number of carbonyl (C=O) groups excluding carboxylic acids is 1. The van der Waals surface area contributed by atoms with Crippen LogP contribution >= 0.6 is 11.8 Å². The van der Waals surface area contributed by atoms with Gasteiger partial charge in [-0.1, -0.05) is 36.4 Å². The molecule has 0 saturated carbocycles. The average molecular weight is 431 g/mol. The second kappa shape index (κ2) is 8.50. The molecule has 0 atom stereocenters. The third kappa shape index (κ3) is 4.09. The van der Waals surface area contributed by atoms with E-state index in [0.29, 0.717) is 37.4 Å². The van der Waals surface area contributed by atoms with Gasteiger partial charge in [0.1, 0.15) is 0 Å². The number of thioether (sulfide) groups is 1. The molecule has 2 aromatic carbocycles. The monoisotopic (exact) mass is 430 g/mol. The summed E-state index contributed by atoms with van der Waals surface area (Å²) in [6.07, 6.45) is 3.94. The molecule has 0 N–H and O–H groups in total. The lowest BCUT2D eigenvalue weighted by Crippen LogP contribution is -2.45. The molecule has 1 saturated heterocycles. The molecule has 154 valence electrons. The Balaban J connectivity index is 1.41. The van der Waals surface area contributed by atoms with Crippen molar-refractivity contribution in [1.29, 1.82) is 0 Å². The summed E-state index contributed by atoms with van der Waals surface area (Å²) in [5.74, 6) is 0.0728. The zero-order valence-electron chi connectivity index (χ0n) is 16.6. The van der Waals surface area contributed by atoms with Crippen LogP contribution in [0.5, 0.6) is 0 Å². The van der Waals surface area contributed by atoms with Crippen molar-refractivity contribution in [2.24, 2.45) is 5.92 Å². The number of nitrogens with zero attached hydrogens (tertiary/aromatic N) is 2. The number of hydrogen-bond acceptors (Lipinski definition) is 4. The molecular weight excluding hydrogens is 404 g/mol. The van der Waals surface area contributed by atoms with Gasteiger partial charge in [-0.05, 0) is 48.8 Å². The van der Waals surface area contributed by atoms with Crippen LogP contribution in [-0.2, 0) is 27.8 Å². The van der Waals surface area contributed by atoms with Crippen molar-refractivity contribution >= 4 is 27.7 Å². The van der Waals surface area contributed by atoms with Gasteiger partial charge in [-0.15, -0.1) is 11.8 Å². The van der Waals surface area contributed by atoms with Gasteiger partial charge in [0.15, 0.2) is 0 Å². The van der Waals surface area contributed by atoms with Crippen LogP contribution in [0.3, 0.4) is 0 Å². The molecular formula is C22H26N2O3S2. The van der Waals surface area contributed by atoms with Crippen molar-refractivity contribution in [3.8, 4) is 0 Å². The van der Waals surface area contributed by atoms with Gasteiger partial charge in [-0.3, -0.25) is 4.79 Å². The highest BCUT2D eigenvalue weighted by molar-refractivity contribution is 7.99. The van der Waals surface area contributed by atoms with Gasteiger partial charge in [-0.25, -0.2) is 8.42 Å². The number of rotatable bonds is 4. The molecule has 2 aliphatic heterocycles. The maximum Gasteiger partial charge on any atom is 0.244 e. The van der Waals surface area contributed by atoms with Gasteiger partial charge in [0.05, 0.1) is 4.90 Å². The number of benzene rings is 2. The predicted molar refractivity (Wildman–Crippen MR) is 115 cm³/mol. The molecule has 7 heteroatoms. The van der Waals surface area contributed by atoms with E-state index in [9.17, 15) is 13.2 Å². The highest BCUT2D eigenvalue weighted by Gasteiger charge is 2.35. The summed E-state index contributed by atoms with van der Waals surface area (Å²) < 4.78 is 27.7. The summed E-state index contributed by atoms with van der Waals surface area (Å²) >= 11 is 1.44. The molecule has 29 heavy (non-hydrogen) atoms. The van der Waals surface area contributed by atoms with Gasteiger partial charge in [0.25, 0.3) is 0 Å². The molecule has 2 aromatic rings. The third-order valence-corrected chi connectivity index (χ3v) is 8.81. The van der Waals surface area contributed by atoms with Crippen LogP contribution in [0.1, 0.15) is 24.0 Å². The Kier molecular flexibility index (Phi) is 5.99. The number of hydrogen-bond donors (Lipinski definition) is 0. The largest absolute Gasteiger partial charge is 0.338 e. The molecule has 0 radical (unpaired) electrons. The molecule has 0 bridgehead atoms. The molecule has 0 spiro atoms. The maximum absolute atomic E-state index is 13.1. The third-order valence-electron chi connectivity index (χ3n) is 5.93. The lowest BCUT2D eigenvalue weighted by molar-refractivity contribution is -0.137. The van der Waals surface area contributed by atoms with E-state index in [1.54, 1.807) is 12.1 Å². The molecule has 1 amide bonds. The molecule has 1 fully saturated rings. The fourth-order valence-corrected chi connectivity index (χ4v) is 6.85. The molecule has 4 rings (SSSR count). The summed E-state index contributed by atoms with van der Waals surface area (Å²) in [6, 6.07) is 15.4. The van der Waals surface area contributed by atoms with Crippen molar-refractivity contribution in [2.45, 2.75) is 35.6 Å². The standard InChI is InChI=1S/C22H26N2O3S2/c1-28-20-8-4-5-9-21(20)29(26,27)24-14-11-18(12-15-24)22(25)23-13-10-17-6-2-3-7-19(17)16-23/h2-9,18H,10-16H2,1H3. The van der Waals surface area contributed by atoms with E-state index in [-0.39, 0.29) is 11.8 Å². The van der Waals surface area contributed by atoms with E-state index in [0.717, 1.165) is 17.9 Å². The highest BCUT2D eigenvalue weighted by Crippen LogP contribution is 2.31. The molecule has 0 unspecified atom stereocenters. The Morgan fingerprint density at radius 1 is 0.966 bits per heavy atom. The summed E-state index contributed by atoms with van der Waals surface area (Å²) in [5, 5.41) is 0. The minimum absolute atomic E-state index is 0.0949. The minimum Gasteiger partial charge on any atom is -0.338 e. The summed E-state index contributed by atoms with van der Waals surface area (Å²) in [4.78, 5) is 16.1. The predicted octanol–water partition coefficient (Wildman–Crippen LogP) is 3.39. The van der Waals surface area contributed by atoms with Crippen molar-refractivity contribution in [3.63, 3.8) is 0 Å². The number of amides is 1. The Bertz CT molecular complexity index is 999. The van der Waals surface area contributed by atoms with E-state index in [1.807, 2.05) is 35.4 Å². The second-order valence-electron chi connectivity index (χ2n) is 7.61. The van der Waals surface area contributed by atoms with Crippen LogP contribution in [0.25, 0.3) is 0 Å². The average Bonchev–Trinajstić information content (AvgIpc) is 2.78. The summed E-state index contributed by atoms with van der Waals surface area (Å²) in [5.41, 5.74) is 2.55. The normalized spacial score (nSPS) is 18.4. The van der Waals surface area contributed by atoms with E-state index >= 15 is 0 Å². The Hall–Kier alpha value is -1.83. The van der Waals surface area contributed by atoms with Crippen LogP contribution in [0.2, 0.25) is 0 Å². The van der Waals surface area contributed by atoms with Crippen molar-refractivity contribution in [2.75, 3.05) is 25.9 Å². The molecule has 2 heterocycles. The van der Waals surface area contributed by atoms with Crippen LogP contribution in [0.15, 0.2) is 58.3 Å². The lowest BCUT2D eigenvalue weighted by atomic mass is 9.94. The van der Waals surface area contributed by atoms with E-state index < -0.39 is 10.0 Å². The van der Waals surface area contributed by atoms with Gasteiger partial charge in [0.2, 0.25) is 15.9 Å². The van der Waals surface area contributed by atoms with Crippen LogP contribution in [0, 0.1) is 5.92 Å². The first kappa shape index (κ1) is 20.4. The van der Waals surface area contributed by atoms with E-state index in [4.69, 9.17) is 0 Å². The number of carbonyl (C=O) groups is 1. The van der Waals surface area contributed by atoms with Crippen LogP contribution < -0.4 is 0 Å². The molecule has 0 aromatic heterocycles. The van der Waals surface area contributed by atoms with Crippen molar-refractivity contribution in [3.05, 3.63) is 59.7 Å². The van der Waals surface area contributed by atoms with Crippen LogP contribution in [-0.4, -0.2) is 49.4 Å². The maximum atomic E-state index is 13.1. The summed E-state index contributed by atoms with van der Waals surface area (Å²) in [7, 11) is -3.53. The van der Waals surface area contributed by atoms with E-state index in [1.165, 1.54) is 27.2 Å². The minimum atomic E-state index is -3.53. The smallest absolute Gasteiger partial charge is 0.244 e. The van der Waals surface area contributed by atoms with E-state index in [2.05, 4.69) is 12.1 Å². The van der Waals surface area contributed by atoms with Gasteiger partial charge >= 0.3 is 0 Å². The van der Waals surface area contributed by atoms with Gasteiger partial charge < -0.3 is 4.90 Å². The second-order valence-corrected chi connectivity index (χ2v) is 10.4. The first-order valence-corrected chi connectivity index (χ1v) is 12.7. The molecule has 5 nitrogen and oxygen atoms in total. The molecule has 2 aliphatic rings. The number of sulfonamides is 1. The zero-order valence-corrected chi connectivity index (χ0v) is 18.2. The highest BCUT2D eigenvalue weighted by atomic mass is 32.2. The van der Waals surface area contributed by atoms with Crippen molar-refractivity contribution < 1.29 is 13.2 Å².